The zero-order chi connectivity index (χ0) is 11.2. The minimum absolute atomic E-state index is 0.349. The molecule has 2 atom stereocenters. The highest BCUT2D eigenvalue weighted by Gasteiger charge is 2.22. The molecule has 0 bridgehead atoms. The highest BCUT2D eigenvalue weighted by molar-refractivity contribution is 4.79. The van der Waals surface area contributed by atoms with Gasteiger partial charge in [0.25, 0.3) is 0 Å². The number of rotatable bonds is 6. The molecule has 2 heteroatoms. The van der Waals surface area contributed by atoms with Gasteiger partial charge in [-0.1, -0.05) is 27.7 Å². The number of ether oxygens (including phenoxy) is 1. The van der Waals surface area contributed by atoms with Crippen molar-refractivity contribution in [2.75, 3.05) is 20.8 Å². The lowest BCUT2D eigenvalue weighted by molar-refractivity contribution is 0.147. The molecule has 1 N–H and O–H groups in total. The van der Waals surface area contributed by atoms with Gasteiger partial charge < -0.3 is 10.1 Å². The summed E-state index contributed by atoms with van der Waals surface area (Å²) in [7, 11) is 3.83. The van der Waals surface area contributed by atoms with Crippen molar-refractivity contribution >= 4 is 0 Å². The van der Waals surface area contributed by atoms with Gasteiger partial charge in [-0.2, -0.15) is 0 Å². The second kappa shape index (κ2) is 6.41. The van der Waals surface area contributed by atoms with Crippen molar-refractivity contribution in [2.45, 2.75) is 46.6 Å². The predicted octanol–water partition coefficient (Wildman–Crippen LogP) is 2.68. The molecule has 86 valence electrons. The predicted molar refractivity (Wildman–Crippen MR) is 62.6 cm³/mol. The molecule has 0 aromatic rings. The van der Waals surface area contributed by atoms with E-state index in [1.54, 1.807) is 7.11 Å². The second-order valence-corrected chi connectivity index (χ2v) is 5.35. The molecule has 0 amide bonds. The van der Waals surface area contributed by atoms with E-state index in [0.717, 1.165) is 6.61 Å². The van der Waals surface area contributed by atoms with Gasteiger partial charge in [0.1, 0.15) is 0 Å². The van der Waals surface area contributed by atoms with Crippen LogP contribution in [0.5, 0.6) is 0 Å². The summed E-state index contributed by atoms with van der Waals surface area (Å²) in [5.74, 6) is 0.665. The molecular weight excluding hydrogens is 174 g/mol. The van der Waals surface area contributed by atoms with E-state index >= 15 is 0 Å². The van der Waals surface area contributed by atoms with Crippen LogP contribution in [0.4, 0.5) is 0 Å². The zero-order valence-corrected chi connectivity index (χ0v) is 10.7. The summed E-state index contributed by atoms with van der Waals surface area (Å²) in [5, 5.41) is 3.40. The summed E-state index contributed by atoms with van der Waals surface area (Å²) < 4.78 is 5.13. The van der Waals surface area contributed by atoms with Crippen molar-refractivity contribution in [1.29, 1.82) is 0 Å². The lowest BCUT2D eigenvalue weighted by Gasteiger charge is -2.31. The maximum Gasteiger partial charge on any atom is 0.0487 e. The van der Waals surface area contributed by atoms with Gasteiger partial charge in [-0.3, -0.25) is 0 Å². The highest BCUT2D eigenvalue weighted by atomic mass is 16.5. The van der Waals surface area contributed by atoms with Gasteiger partial charge in [-0.25, -0.2) is 0 Å². The molecule has 0 aliphatic rings. The van der Waals surface area contributed by atoms with Crippen LogP contribution < -0.4 is 5.32 Å². The average Bonchev–Trinajstić information content (AvgIpc) is 2.03. The van der Waals surface area contributed by atoms with Gasteiger partial charge in [-0.05, 0) is 31.2 Å². The molecule has 0 spiro atoms. The van der Waals surface area contributed by atoms with Crippen LogP contribution in [0.2, 0.25) is 0 Å². The molecule has 0 rings (SSSR count). The Balaban J connectivity index is 3.84. The first kappa shape index (κ1) is 13.9. The van der Waals surface area contributed by atoms with Crippen LogP contribution in [-0.4, -0.2) is 26.8 Å². The molecule has 14 heavy (non-hydrogen) atoms. The SMILES string of the molecule is CNC(CCC(C)COC)C(C)(C)C. The Labute approximate surface area is 89.4 Å². The summed E-state index contributed by atoms with van der Waals surface area (Å²) in [6.45, 7) is 9.99. The monoisotopic (exact) mass is 201 g/mol. The number of methoxy groups -OCH3 is 1. The fourth-order valence-electron chi connectivity index (χ4n) is 1.83. The standard InChI is InChI=1S/C12H27NO/c1-10(9-14-6)7-8-11(13-5)12(2,3)4/h10-11,13H,7-9H2,1-6H3. The fourth-order valence-corrected chi connectivity index (χ4v) is 1.83. The largest absolute Gasteiger partial charge is 0.384 e. The Morgan fingerprint density at radius 2 is 1.79 bits per heavy atom. The molecule has 2 nitrogen and oxygen atoms in total. The quantitative estimate of drug-likeness (QED) is 0.713. The number of nitrogens with one attached hydrogen (secondary N) is 1. The van der Waals surface area contributed by atoms with Crippen molar-refractivity contribution in [3.63, 3.8) is 0 Å². The van der Waals surface area contributed by atoms with E-state index in [2.05, 4.69) is 40.1 Å². The van der Waals surface area contributed by atoms with Gasteiger partial charge in [-0.15, -0.1) is 0 Å². The first-order valence-electron chi connectivity index (χ1n) is 5.58. The summed E-state index contributed by atoms with van der Waals surface area (Å²) >= 11 is 0. The average molecular weight is 201 g/mol. The van der Waals surface area contributed by atoms with E-state index in [9.17, 15) is 0 Å². The van der Waals surface area contributed by atoms with Gasteiger partial charge in [0.05, 0.1) is 0 Å². The first-order chi connectivity index (χ1) is 6.41. The minimum atomic E-state index is 0.349. The topological polar surface area (TPSA) is 21.3 Å². The molecule has 0 saturated heterocycles. The molecule has 0 heterocycles. The van der Waals surface area contributed by atoms with E-state index in [1.165, 1.54) is 12.8 Å². The summed E-state index contributed by atoms with van der Waals surface area (Å²) in [5.41, 5.74) is 0.349. The maximum atomic E-state index is 5.13. The van der Waals surface area contributed by atoms with Crippen molar-refractivity contribution in [2.24, 2.45) is 11.3 Å². The Hall–Kier alpha value is -0.0800. The van der Waals surface area contributed by atoms with E-state index in [4.69, 9.17) is 4.74 Å². The lowest BCUT2D eigenvalue weighted by atomic mass is 9.83. The van der Waals surface area contributed by atoms with Crippen LogP contribution in [-0.2, 0) is 4.74 Å². The van der Waals surface area contributed by atoms with Gasteiger partial charge in [0.2, 0.25) is 0 Å². The third kappa shape index (κ3) is 5.61. The molecule has 0 aliphatic heterocycles. The van der Waals surface area contributed by atoms with Gasteiger partial charge >= 0.3 is 0 Å². The van der Waals surface area contributed by atoms with Crippen molar-refractivity contribution in [3.05, 3.63) is 0 Å². The highest BCUT2D eigenvalue weighted by Crippen LogP contribution is 2.24. The zero-order valence-electron chi connectivity index (χ0n) is 10.7. The Bertz CT molecular complexity index is 140. The normalized spacial score (nSPS) is 16.7. The molecule has 0 saturated carbocycles. The lowest BCUT2D eigenvalue weighted by Crippen LogP contribution is -2.38. The summed E-state index contributed by atoms with van der Waals surface area (Å²) in [6, 6.07) is 0.599. The van der Waals surface area contributed by atoms with Crippen LogP contribution in [0, 0.1) is 11.3 Å². The molecule has 0 radical (unpaired) electrons. The number of hydrogen-bond acceptors (Lipinski definition) is 2. The van der Waals surface area contributed by atoms with Crippen molar-refractivity contribution in [1.82, 2.24) is 5.32 Å². The van der Waals surface area contributed by atoms with Crippen molar-refractivity contribution < 1.29 is 4.74 Å². The van der Waals surface area contributed by atoms with Crippen LogP contribution in [0.25, 0.3) is 0 Å². The van der Waals surface area contributed by atoms with Gasteiger partial charge in [0.15, 0.2) is 0 Å². The molecule has 0 aliphatic carbocycles. The molecule has 2 unspecified atom stereocenters. The summed E-state index contributed by atoms with van der Waals surface area (Å²) in [4.78, 5) is 0. The summed E-state index contributed by atoms with van der Waals surface area (Å²) in [6.07, 6.45) is 2.46. The minimum Gasteiger partial charge on any atom is -0.384 e. The Kier molecular flexibility index (Phi) is 6.38. The molecule has 0 fully saturated rings. The third-order valence-corrected chi connectivity index (χ3v) is 2.79. The fraction of sp³-hybridized carbons (Fsp3) is 1.00. The van der Waals surface area contributed by atoms with E-state index < -0.39 is 0 Å². The first-order valence-corrected chi connectivity index (χ1v) is 5.58. The van der Waals surface area contributed by atoms with Crippen LogP contribution >= 0.6 is 0 Å². The van der Waals surface area contributed by atoms with Gasteiger partial charge in [0, 0.05) is 19.8 Å². The van der Waals surface area contributed by atoms with Crippen LogP contribution in [0.15, 0.2) is 0 Å². The van der Waals surface area contributed by atoms with E-state index in [0.29, 0.717) is 17.4 Å². The van der Waals surface area contributed by atoms with E-state index in [-0.39, 0.29) is 0 Å². The van der Waals surface area contributed by atoms with E-state index in [1.807, 2.05) is 0 Å². The van der Waals surface area contributed by atoms with Crippen LogP contribution in [0.3, 0.4) is 0 Å². The molecule has 0 aromatic heterocycles. The molecule has 0 aromatic carbocycles. The van der Waals surface area contributed by atoms with Crippen LogP contribution in [0.1, 0.15) is 40.5 Å². The third-order valence-electron chi connectivity index (χ3n) is 2.79. The maximum absolute atomic E-state index is 5.13. The Morgan fingerprint density at radius 1 is 1.21 bits per heavy atom. The second-order valence-electron chi connectivity index (χ2n) is 5.35. The smallest absolute Gasteiger partial charge is 0.0487 e. The number of hydrogen-bond donors (Lipinski definition) is 1. The van der Waals surface area contributed by atoms with Crippen molar-refractivity contribution in [3.8, 4) is 0 Å². The Morgan fingerprint density at radius 3 is 2.14 bits per heavy atom. The molecular formula is C12H27NO.